The Kier molecular flexibility index (Phi) is 4.75. The lowest BCUT2D eigenvalue weighted by Gasteiger charge is -2.18. The first-order chi connectivity index (χ1) is 14.3. The molecule has 4 rings (SSSR count). The number of fused-ring (bicyclic) bond motifs is 1. The maximum Gasteiger partial charge on any atom is 0.134 e. The summed E-state index contributed by atoms with van der Waals surface area (Å²) < 4.78 is 0. The molecule has 0 amide bonds. The van der Waals surface area contributed by atoms with Crippen LogP contribution in [0.4, 0.5) is 0 Å². The molecule has 0 spiro atoms. The Hall–Kier alpha value is -4.06. The highest BCUT2D eigenvalue weighted by Gasteiger charge is 2.22. The highest BCUT2D eigenvalue weighted by Crippen LogP contribution is 2.46. The maximum absolute atomic E-state index is 11.1. The summed E-state index contributed by atoms with van der Waals surface area (Å²) in [6, 6.07) is 15.4. The van der Waals surface area contributed by atoms with E-state index in [1.54, 1.807) is 24.3 Å². The van der Waals surface area contributed by atoms with E-state index in [4.69, 9.17) is 0 Å². The molecule has 0 heterocycles. The van der Waals surface area contributed by atoms with Crippen molar-refractivity contribution in [3.05, 3.63) is 82.9 Å². The molecule has 6 N–H and O–H groups in total. The Morgan fingerprint density at radius 2 is 1.00 bits per heavy atom. The number of hydrogen-bond acceptors (Lipinski definition) is 6. The molecule has 0 saturated carbocycles. The summed E-state index contributed by atoms with van der Waals surface area (Å²) in [7, 11) is 0. The average molecular weight is 404 g/mol. The van der Waals surface area contributed by atoms with Gasteiger partial charge in [-0.25, -0.2) is 0 Å². The molecule has 0 aliphatic rings. The van der Waals surface area contributed by atoms with Gasteiger partial charge in [-0.3, -0.25) is 0 Å². The summed E-state index contributed by atoms with van der Waals surface area (Å²) in [5.41, 5.74) is 2.18. The lowest BCUT2D eigenvalue weighted by molar-refractivity contribution is 0.435. The number of hydrogen-bond donors (Lipinski definition) is 6. The van der Waals surface area contributed by atoms with Crippen LogP contribution in [0.1, 0.15) is 22.3 Å². The van der Waals surface area contributed by atoms with Crippen LogP contribution in [0, 0.1) is 0 Å². The molecule has 0 bridgehead atoms. The number of phenols is 6. The molecule has 0 fully saturated rings. The minimum Gasteiger partial charge on any atom is -0.508 e. The number of phenolic OH excluding ortho intramolecular Hbond substituents is 6. The van der Waals surface area contributed by atoms with E-state index in [2.05, 4.69) is 0 Å². The van der Waals surface area contributed by atoms with Gasteiger partial charge in [-0.1, -0.05) is 24.3 Å². The molecule has 4 aromatic carbocycles. The van der Waals surface area contributed by atoms with Crippen molar-refractivity contribution >= 4 is 10.8 Å². The third-order valence-corrected chi connectivity index (χ3v) is 5.16. The standard InChI is InChI=1S/C24H20O6/c25-15-5-1-13(2-6-15)9-19-18-11-17(27)12-21(28)22(18)24(30)20(23(19)29)10-14-3-7-16(26)8-4-14/h1-8,11-12,25-30H,9-10H2. The van der Waals surface area contributed by atoms with Crippen molar-refractivity contribution < 1.29 is 30.6 Å². The van der Waals surface area contributed by atoms with Gasteiger partial charge in [0.15, 0.2) is 0 Å². The van der Waals surface area contributed by atoms with Crippen LogP contribution >= 0.6 is 0 Å². The maximum atomic E-state index is 11.1. The minimum absolute atomic E-state index is 0.104. The van der Waals surface area contributed by atoms with Crippen molar-refractivity contribution in [3.63, 3.8) is 0 Å². The van der Waals surface area contributed by atoms with Crippen LogP contribution in [0.3, 0.4) is 0 Å². The normalized spacial score (nSPS) is 11.1. The van der Waals surface area contributed by atoms with Crippen LogP contribution in [-0.4, -0.2) is 30.6 Å². The summed E-state index contributed by atoms with van der Waals surface area (Å²) in [4.78, 5) is 0. The van der Waals surface area contributed by atoms with Crippen LogP contribution in [-0.2, 0) is 12.8 Å². The van der Waals surface area contributed by atoms with Gasteiger partial charge in [0.1, 0.15) is 34.5 Å². The molecule has 6 heteroatoms. The molecule has 0 saturated heterocycles. The van der Waals surface area contributed by atoms with Crippen LogP contribution in [0.15, 0.2) is 60.7 Å². The molecule has 30 heavy (non-hydrogen) atoms. The Morgan fingerprint density at radius 1 is 0.500 bits per heavy atom. The fourth-order valence-corrected chi connectivity index (χ4v) is 3.65. The molecular formula is C24H20O6. The van der Waals surface area contributed by atoms with Gasteiger partial charge in [0.05, 0.1) is 5.39 Å². The second-order valence-corrected chi connectivity index (χ2v) is 7.23. The summed E-state index contributed by atoms with van der Waals surface area (Å²) in [6.45, 7) is 0. The smallest absolute Gasteiger partial charge is 0.134 e. The molecule has 4 aromatic rings. The molecule has 0 aromatic heterocycles. The fraction of sp³-hybridized carbons (Fsp3) is 0.0833. The van der Waals surface area contributed by atoms with Gasteiger partial charge < -0.3 is 30.6 Å². The van der Waals surface area contributed by atoms with E-state index in [1.165, 1.54) is 30.3 Å². The zero-order chi connectivity index (χ0) is 21.4. The molecule has 6 nitrogen and oxygen atoms in total. The van der Waals surface area contributed by atoms with Gasteiger partial charge >= 0.3 is 0 Å². The first-order valence-corrected chi connectivity index (χ1v) is 9.30. The van der Waals surface area contributed by atoms with Gasteiger partial charge in [0, 0.05) is 30.0 Å². The lowest BCUT2D eigenvalue weighted by Crippen LogP contribution is -1.98. The molecule has 0 atom stereocenters. The Bertz CT molecular complexity index is 1230. The monoisotopic (exact) mass is 404 g/mol. The van der Waals surface area contributed by atoms with E-state index in [1.807, 2.05) is 0 Å². The van der Waals surface area contributed by atoms with Crippen molar-refractivity contribution in [1.82, 2.24) is 0 Å². The largest absolute Gasteiger partial charge is 0.508 e. The summed E-state index contributed by atoms with van der Waals surface area (Å²) in [6.07, 6.45) is 0.408. The van der Waals surface area contributed by atoms with Gasteiger partial charge in [0.2, 0.25) is 0 Å². The highest BCUT2D eigenvalue weighted by molar-refractivity contribution is 5.99. The molecule has 0 radical (unpaired) electrons. The predicted molar refractivity (Wildman–Crippen MR) is 112 cm³/mol. The van der Waals surface area contributed by atoms with Crippen LogP contribution < -0.4 is 0 Å². The van der Waals surface area contributed by atoms with Gasteiger partial charge in [0.25, 0.3) is 0 Å². The zero-order valence-corrected chi connectivity index (χ0v) is 15.9. The molecule has 152 valence electrons. The van der Waals surface area contributed by atoms with Crippen LogP contribution in [0.25, 0.3) is 10.8 Å². The topological polar surface area (TPSA) is 121 Å². The second kappa shape index (κ2) is 7.40. The molecule has 0 aliphatic carbocycles. The third kappa shape index (κ3) is 3.51. The fourth-order valence-electron chi connectivity index (χ4n) is 3.65. The minimum atomic E-state index is -0.304. The number of aromatic hydroxyl groups is 6. The second-order valence-electron chi connectivity index (χ2n) is 7.23. The molecular weight excluding hydrogens is 384 g/mol. The van der Waals surface area contributed by atoms with Gasteiger partial charge in [-0.2, -0.15) is 0 Å². The van der Waals surface area contributed by atoms with E-state index in [9.17, 15) is 30.6 Å². The van der Waals surface area contributed by atoms with Crippen molar-refractivity contribution in [2.45, 2.75) is 12.8 Å². The zero-order valence-electron chi connectivity index (χ0n) is 15.9. The van der Waals surface area contributed by atoms with Crippen LogP contribution in [0.5, 0.6) is 34.5 Å². The Morgan fingerprint density at radius 3 is 1.53 bits per heavy atom. The SMILES string of the molecule is Oc1ccc(Cc2c(O)c(Cc3ccc(O)cc3)c3cc(O)cc(O)c3c2O)cc1. The van der Waals surface area contributed by atoms with E-state index >= 15 is 0 Å². The van der Waals surface area contributed by atoms with E-state index in [-0.39, 0.29) is 58.3 Å². The molecule has 0 aliphatic heterocycles. The number of rotatable bonds is 4. The van der Waals surface area contributed by atoms with Crippen molar-refractivity contribution in [2.24, 2.45) is 0 Å². The first kappa shape index (κ1) is 19.3. The van der Waals surface area contributed by atoms with Crippen molar-refractivity contribution in [1.29, 1.82) is 0 Å². The third-order valence-electron chi connectivity index (χ3n) is 5.16. The van der Waals surface area contributed by atoms with E-state index in [0.717, 1.165) is 17.2 Å². The summed E-state index contributed by atoms with van der Waals surface area (Å²) in [5.74, 6) is -0.708. The van der Waals surface area contributed by atoms with E-state index in [0.29, 0.717) is 10.9 Å². The van der Waals surface area contributed by atoms with E-state index < -0.39 is 0 Å². The first-order valence-electron chi connectivity index (χ1n) is 9.30. The van der Waals surface area contributed by atoms with Crippen molar-refractivity contribution in [3.8, 4) is 34.5 Å². The Balaban J connectivity index is 1.93. The average Bonchev–Trinajstić information content (AvgIpc) is 2.70. The summed E-state index contributed by atoms with van der Waals surface area (Å²) in [5, 5.41) is 61.8. The number of benzene rings is 4. The predicted octanol–water partition coefficient (Wildman–Crippen LogP) is 4.26. The quantitative estimate of drug-likeness (QED) is 0.302. The van der Waals surface area contributed by atoms with Gasteiger partial charge in [-0.15, -0.1) is 0 Å². The molecule has 0 unspecified atom stereocenters. The summed E-state index contributed by atoms with van der Waals surface area (Å²) >= 11 is 0. The van der Waals surface area contributed by atoms with Crippen LogP contribution in [0.2, 0.25) is 0 Å². The Labute approximate surface area is 172 Å². The lowest BCUT2D eigenvalue weighted by atomic mass is 9.90. The highest BCUT2D eigenvalue weighted by atomic mass is 16.3. The van der Waals surface area contributed by atoms with Gasteiger partial charge in [-0.05, 0) is 46.8 Å². The van der Waals surface area contributed by atoms with Crippen molar-refractivity contribution in [2.75, 3.05) is 0 Å².